The van der Waals surface area contributed by atoms with Gasteiger partial charge in [0, 0.05) is 5.75 Å². The van der Waals surface area contributed by atoms with Gasteiger partial charge >= 0.3 is 0 Å². The summed E-state index contributed by atoms with van der Waals surface area (Å²) in [7, 11) is 0. The topological polar surface area (TPSA) is 0 Å². The van der Waals surface area contributed by atoms with E-state index in [1.54, 1.807) is 0 Å². The molecule has 0 aromatic heterocycles. The summed E-state index contributed by atoms with van der Waals surface area (Å²) < 4.78 is 0. The molecule has 2 rings (SSSR count). The number of hydrogen-bond acceptors (Lipinski definition) is 1. The molecule has 0 aliphatic heterocycles. The number of benzene rings is 2. The minimum absolute atomic E-state index is 0.583. The predicted molar refractivity (Wildman–Crippen MR) is 83.3 cm³/mol. The molecule has 1 heteroatoms. The first-order valence-electron chi connectivity index (χ1n) is 6.55. The van der Waals surface area contributed by atoms with E-state index in [0.29, 0.717) is 5.92 Å². The zero-order valence-corrected chi connectivity index (χ0v) is 12.0. The van der Waals surface area contributed by atoms with Crippen molar-refractivity contribution >= 4 is 12.6 Å². The number of thiol groups is 1. The molecule has 2 aromatic carbocycles. The highest BCUT2D eigenvalue weighted by atomic mass is 32.1. The van der Waals surface area contributed by atoms with Crippen LogP contribution in [0, 0.1) is 0 Å². The van der Waals surface area contributed by atoms with Crippen LogP contribution < -0.4 is 0 Å². The van der Waals surface area contributed by atoms with Gasteiger partial charge in [0.1, 0.15) is 0 Å². The molecule has 1 atom stereocenters. The van der Waals surface area contributed by atoms with Crippen molar-refractivity contribution in [2.24, 2.45) is 0 Å². The lowest BCUT2D eigenvalue weighted by Gasteiger charge is -2.16. The van der Waals surface area contributed by atoms with Gasteiger partial charge in [-0.15, -0.1) is 0 Å². The van der Waals surface area contributed by atoms with Gasteiger partial charge in [-0.3, -0.25) is 0 Å². The Labute approximate surface area is 115 Å². The molecule has 0 spiro atoms. The molecule has 0 nitrogen and oxygen atoms in total. The van der Waals surface area contributed by atoms with Crippen molar-refractivity contribution < 1.29 is 0 Å². The van der Waals surface area contributed by atoms with Crippen molar-refractivity contribution in [2.45, 2.75) is 31.9 Å². The molecule has 0 heterocycles. The van der Waals surface area contributed by atoms with Crippen LogP contribution in [0.3, 0.4) is 0 Å². The monoisotopic (exact) mass is 256 g/mol. The van der Waals surface area contributed by atoms with Crippen LogP contribution in [0.5, 0.6) is 0 Å². The summed E-state index contributed by atoms with van der Waals surface area (Å²) in [6.45, 7) is 4.54. The Hall–Kier alpha value is -1.21. The van der Waals surface area contributed by atoms with Crippen molar-refractivity contribution in [3.05, 3.63) is 59.7 Å². The van der Waals surface area contributed by atoms with Crippen LogP contribution in [0.4, 0.5) is 0 Å². The Morgan fingerprint density at radius 2 is 1.78 bits per heavy atom. The third-order valence-corrected chi connectivity index (χ3v) is 3.89. The lowest BCUT2D eigenvalue weighted by atomic mass is 9.89. The van der Waals surface area contributed by atoms with Gasteiger partial charge in [0.2, 0.25) is 0 Å². The quantitative estimate of drug-likeness (QED) is 0.705. The molecule has 18 heavy (non-hydrogen) atoms. The molecular formula is C17H20S. The molecule has 0 aliphatic rings. The zero-order valence-electron chi connectivity index (χ0n) is 11.1. The van der Waals surface area contributed by atoms with Gasteiger partial charge in [-0.1, -0.05) is 62.4 Å². The Kier molecular flexibility index (Phi) is 4.48. The maximum absolute atomic E-state index is 4.38. The largest absolute Gasteiger partial charge is 0.175 e. The highest BCUT2D eigenvalue weighted by Crippen LogP contribution is 2.32. The molecule has 0 radical (unpaired) electrons. The molecule has 0 fully saturated rings. The predicted octanol–water partition coefficient (Wildman–Crippen LogP) is 5.30. The first kappa shape index (κ1) is 13.2. The summed E-state index contributed by atoms with van der Waals surface area (Å²) in [5.41, 5.74) is 5.40. The minimum Gasteiger partial charge on any atom is -0.175 e. The summed E-state index contributed by atoms with van der Waals surface area (Å²) in [6.07, 6.45) is 1.16. The number of rotatable bonds is 4. The second kappa shape index (κ2) is 6.10. The van der Waals surface area contributed by atoms with Gasteiger partial charge in [-0.05, 0) is 34.6 Å². The lowest BCUT2D eigenvalue weighted by Crippen LogP contribution is -1.97. The van der Waals surface area contributed by atoms with E-state index in [9.17, 15) is 0 Å². The van der Waals surface area contributed by atoms with Crippen LogP contribution in [-0.4, -0.2) is 0 Å². The minimum atomic E-state index is 0.583. The van der Waals surface area contributed by atoms with Gasteiger partial charge in [-0.25, -0.2) is 0 Å². The van der Waals surface area contributed by atoms with Crippen molar-refractivity contribution in [1.29, 1.82) is 0 Å². The Morgan fingerprint density at radius 3 is 2.39 bits per heavy atom. The smallest absolute Gasteiger partial charge is 0.0154 e. The van der Waals surface area contributed by atoms with E-state index in [2.05, 4.69) is 75.0 Å². The maximum Gasteiger partial charge on any atom is 0.0154 e. The molecule has 0 N–H and O–H groups in total. The Balaban J connectivity index is 2.53. The van der Waals surface area contributed by atoms with Gasteiger partial charge < -0.3 is 0 Å². The molecule has 0 saturated heterocycles. The van der Waals surface area contributed by atoms with Crippen LogP contribution in [0.15, 0.2) is 48.5 Å². The second-order valence-corrected chi connectivity index (χ2v) is 5.07. The van der Waals surface area contributed by atoms with Gasteiger partial charge in [0.05, 0.1) is 0 Å². The normalized spacial score (nSPS) is 12.4. The molecule has 0 saturated carbocycles. The fourth-order valence-electron chi connectivity index (χ4n) is 2.22. The van der Waals surface area contributed by atoms with Crippen LogP contribution in [0.1, 0.15) is 37.3 Å². The van der Waals surface area contributed by atoms with E-state index in [1.165, 1.54) is 22.3 Å². The van der Waals surface area contributed by atoms with Gasteiger partial charge in [0.25, 0.3) is 0 Å². The van der Waals surface area contributed by atoms with E-state index >= 15 is 0 Å². The average Bonchev–Trinajstić information content (AvgIpc) is 2.46. The molecule has 0 bridgehead atoms. The SMILES string of the molecule is CC[C@@H](C)c1cc(CS)ccc1-c1ccccc1. The fourth-order valence-corrected chi connectivity index (χ4v) is 2.42. The summed E-state index contributed by atoms with van der Waals surface area (Å²) in [4.78, 5) is 0. The second-order valence-electron chi connectivity index (χ2n) is 4.76. The summed E-state index contributed by atoms with van der Waals surface area (Å²) in [6, 6.07) is 17.4. The lowest BCUT2D eigenvalue weighted by molar-refractivity contribution is 0.734. The van der Waals surface area contributed by atoms with Crippen LogP contribution >= 0.6 is 12.6 Å². The average molecular weight is 256 g/mol. The van der Waals surface area contributed by atoms with Crippen molar-refractivity contribution in [3.63, 3.8) is 0 Å². The molecule has 2 aromatic rings. The van der Waals surface area contributed by atoms with E-state index in [0.717, 1.165) is 12.2 Å². The molecule has 0 unspecified atom stereocenters. The van der Waals surface area contributed by atoms with Crippen molar-refractivity contribution in [1.82, 2.24) is 0 Å². The highest BCUT2D eigenvalue weighted by Gasteiger charge is 2.11. The summed E-state index contributed by atoms with van der Waals surface area (Å²) >= 11 is 4.38. The third-order valence-electron chi connectivity index (χ3n) is 3.53. The van der Waals surface area contributed by atoms with Gasteiger partial charge in [0.15, 0.2) is 0 Å². The first-order valence-corrected chi connectivity index (χ1v) is 7.18. The van der Waals surface area contributed by atoms with E-state index < -0.39 is 0 Å². The molecule has 94 valence electrons. The zero-order chi connectivity index (χ0) is 13.0. The molecular weight excluding hydrogens is 236 g/mol. The maximum atomic E-state index is 4.38. The Bertz CT molecular complexity index is 502. The van der Waals surface area contributed by atoms with E-state index in [4.69, 9.17) is 0 Å². The van der Waals surface area contributed by atoms with Crippen LogP contribution in [0.2, 0.25) is 0 Å². The molecule has 0 amide bonds. The van der Waals surface area contributed by atoms with Crippen LogP contribution in [0.25, 0.3) is 11.1 Å². The van der Waals surface area contributed by atoms with Crippen LogP contribution in [-0.2, 0) is 5.75 Å². The summed E-state index contributed by atoms with van der Waals surface area (Å²) in [5.74, 6) is 1.39. The third kappa shape index (κ3) is 2.78. The van der Waals surface area contributed by atoms with Gasteiger partial charge in [-0.2, -0.15) is 12.6 Å². The van der Waals surface area contributed by atoms with E-state index in [-0.39, 0.29) is 0 Å². The first-order chi connectivity index (χ1) is 8.76. The van der Waals surface area contributed by atoms with Crippen molar-refractivity contribution in [3.8, 4) is 11.1 Å². The van der Waals surface area contributed by atoms with Crippen molar-refractivity contribution in [2.75, 3.05) is 0 Å². The Morgan fingerprint density at radius 1 is 1.06 bits per heavy atom. The summed E-state index contributed by atoms with van der Waals surface area (Å²) in [5, 5.41) is 0. The standard InChI is InChI=1S/C17H20S/c1-3-13(2)17-11-14(12-18)9-10-16(17)15-7-5-4-6-8-15/h4-11,13,18H,3,12H2,1-2H3/t13-/m1/s1. The van der Waals surface area contributed by atoms with E-state index in [1.807, 2.05) is 0 Å². The highest BCUT2D eigenvalue weighted by molar-refractivity contribution is 7.79. The molecule has 0 aliphatic carbocycles. The fraction of sp³-hybridized carbons (Fsp3) is 0.294. The number of hydrogen-bond donors (Lipinski definition) is 1.